The molecule has 2 N–H and O–H groups in total. The van der Waals surface area contributed by atoms with Gasteiger partial charge in [0.15, 0.2) is 0 Å². The summed E-state index contributed by atoms with van der Waals surface area (Å²) in [5.41, 5.74) is 8.19. The number of rotatable bonds is 4. The molecule has 5 rings (SSSR count). The van der Waals surface area contributed by atoms with Crippen LogP contribution in [0.1, 0.15) is 40.3 Å². The van der Waals surface area contributed by atoms with E-state index in [0.29, 0.717) is 6.54 Å². The summed E-state index contributed by atoms with van der Waals surface area (Å²) < 4.78 is 36.3. The minimum atomic E-state index is -3.19. The van der Waals surface area contributed by atoms with E-state index in [1.807, 2.05) is 6.92 Å². The number of aryl methyl sites for hydroxylation is 1. The van der Waals surface area contributed by atoms with Crippen LogP contribution in [0.3, 0.4) is 0 Å². The number of fused-ring (bicyclic) bond motifs is 1. The maximum absolute atomic E-state index is 14.9. The first-order valence-corrected chi connectivity index (χ1v) is 11.4. The molecule has 0 bridgehead atoms. The first-order valence-electron chi connectivity index (χ1n) is 10.6. The van der Waals surface area contributed by atoms with Crippen LogP contribution in [0.5, 0.6) is 0 Å². The first kappa shape index (κ1) is 21.2. The van der Waals surface area contributed by atoms with Gasteiger partial charge < -0.3 is 10.5 Å². The van der Waals surface area contributed by atoms with Crippen molar-refractivity contribution in [1.82, 2.24) is 14.5 Å². The average molecular weight is 459 g/mol. The number of halogens is 2. The standard InChI is InChI=1S/C23H24F2N4O2S/c1-14-2-4-15(5-3-14)20-17-8-11-32-18(17)6-9-28(20)13-16-12-23(24,25)21(31-16)29-10-7-19(26)27-22(29)30/h2-5,7-8,10-11,16,20-21H,6,9,12-13H2,1H3,(H2,26,27,30)/t16-,20?,21+/m0/s1. The maximum Gasteiger partial charge on any atom is 0.351 e. The summed E-state index contributed by atoms with van der Waals surface area (Å²) in [6, 6.07) is 11.8. The van der Waals surface area contributed by atoms with Crippen molar-refractivity contribution in [2.45, 2.75) is 44.1 Å². The monoisotopic (exact) mass is 458 g/mol. The second-order valence-electron chi connectivity index (χ2n) is 8.48. The summed E-state index contributed by atoms with van der Waals surface area (Å²) in [6.07, 6.45) is -0.759. The highest BCUT2D eigenvalue weighted by Gasteiger charge is 2.52. The molecule has 0 spiro atoms. The Balaban J connectivity index is 1.41. The Bertz CT molecular complexity index is 1180. The number of thiophene rings is 1. The minimum absolute atomic E-state index is 0.00932. The fourth-order valence-electron chi connectivity index (χ4n) is 4.68. The second-order valence-corrected chi connectivity index (χ2v) is 9.48. The molecule has 0 amide bonds. The number of nitrogens with two attached hydrogens (primary N) is 1. The highest BCUT2D eigenvalue weighted by atomic mass is 32.1. The molecule has 1 aromatic carbocycles. The van der Waals surface area contributed by atoms with E-state index in [1.165, 1.54) is 28.3 Å². The number of aromatic nitrogens is 2. The summed E-state index contributed by atoms with van der Waals surface area (Å²) in [6.45, 7) is 3.14. The third kappa shape index (κ3) is 3.85. The largest absolute Gasteiger partial charge is 0.383 e. The van der Waals surface area contributed by atoms with Crippen molar-refractivity contribution < 1.29 is 13.5 Å². The predicted molar refractivity (Wildman–Crippen MR) is 119 cm³/mol. The van der Waals surface area contributed by atoms with Crippen molar-refractivity contribution >= 4 is 17.2 Å². The molecule has 9 heteroatoms. The Morgan fingerprint density at radius 3 is 2.78 bits per heavy atom. The molecule has 6 nitrogen and oxygen atoms in total. The Morgan fingerprint density at radius 1 is 1.25 bits per heavy atom. The molecule has 1 saturated heterocycles. The van der Waals surface area contributed by atoms with Crippen molar-refractivity contribution in [3.05, 3.63) is 80.0 Å². The van der Waals surface area contributed by atoms with Gasteiger partial charge in [-0.3, -0.25) is 9.47 Å². The van der Waals surface area contributed by atoms with E-state index in [9.17, 15) is 13.6 Å². The van der Waals surface area contributed by atoms with Gasteiger partial charge in [0.2, 0.25) is 6.23 Å². The number of hydrogen-bond donors (Lipinski definition) is 1. The molecule has 2 aromatic heterocycles. The van der Waals surface area contributed by atoms with Crippen LogP contribution in [-0.2, 0) is 11.2 Å². The molecule has 0 saturated carbocycles. The Morgan fingerprint density at radius 2 is 2.03 bits per heavy atom. The van der Waals surface area contributed by atoms with E-state index in [2.05, 4.69) is 45.6 Å². The van der Waals surface area contributed by atoms with Crippen molar-refractivity contribution in [3.8, 4) is 0 Å². The normalized spacial score (nSPS) is 25.0. The van der Waals surface area contributed by atoms with Gasteiger partial charge in [-0.15, -0.1) is 11.3 Å². The number of benzene rings is 1. The topological polar surface area (TPSA) is 73.4 Å². The van der Waals surface area contributed by atoms with Crippen LogP contribution in [0.2, 0.25) is 0 Å². The lowest BCUT2D eigenvalue weighted by molar-refractivity contribution is -0.119. The van der Waals surface area contributed by atoms with Crippen LogP contribution in [0.4, 0.5) is 14.6 Å². The number of ether oxygens (including phenoxy) is 1. The summed E-state index contributed by atoms with van der Waals surface area (Å²) >= 11 is 1.74. The van der Waals surface area contributed by atoms with Gasteiger partial charge in [0, 0.05) is 30.6 Å². The van der Waals surface area contributed by atoms with Gasteiger partial charge in [-0.1, -0.05) is 29.8 Å². The summed E-state index contributed by atoms with van der Waals surface area (Å²) in [7, 11) is 0. The molecule has 0 aliphatic carbocycles. The van der Waals surface area contributed by atoms with Crippen LogP contribution in [0.25, 0.3) is 0 Å². The zero-order valence-electron chi connectivity index (χ0n) is 17.6. The van der Waals surface area contributed by atoms with E-state index >= 15 is 0 Å². The number of anilines is 1. The van der Waals surface area contributed by atoms with Gasteiger partial charge in [0.25, 0.3) is 5.92 Å². The van der Waals surface area contributed by atoms with Gasteiger partial charge in [0.1, 0.15) is 5.82 Å². The van der Waals surface area contributed by atoms with Crippen LogP contribution >= 0.6 is 11.3 Å². The molecule has 3 atom stereocenters. The van der Waals surface area contributed by atoms with E-state index in [4.69, 9.17) is 10.5 Å². The van der Waals surface area contributed by atoms with Crippen LogP contribution in [0.15, 0.2) is 52.8 Å². The Labute approximate surface area is 188 Å². The van der Waals surface area contributed by atoms with Gasteiger partial charge in [-0.05, 0) is 42.0 Å². The predicted octanol–water partition coefficient (Wildman–Crippen LogP) is 3.77. The molecule has 1 fully saturated rings. The highest BCUT2D eigenvalue weighted by Crippen LogP contribution is 2.44. The van der Waals surface area contributed by atoms with Crippen LogP contribution in [0, 0.1) is 6.92 Å². The fraction of sp³-hybridized carbons (Fsp3) is 0.391. The molecule has 2 aliphatic heterocycles. The number of hydrogen-bond acceptors (Lipinski definition) is 6. The third-order valence-electron chi connectivity index (χ3n) is 6.18. The number of nitrogens with zero attached hydrogens (tertiary/aromatic N) is 3. The van der Waals surface area contributed by atoms with Gasteiger partial charge >= 0.3 is 5.69 Å². The highest BCUT2D eigenvalue weighted by molar-refractivity contribution is 7.10. The Hall–Kier alpha value is -2.62. The first-order chi connectivity index (χ1) is 15.3. The van der Waals surface area contributed by atoms with Crippen molar-refractivity contribution in [1.29, 1.82) is 0 Å². The fourth-order valence-corrected chi connectivity index (χ4v) is 5.58. The zero-order valence-corrected chi connectivity index (χ0v) is 18.4. The average Bonchev–Trinajstić information content (AvgIpc) is 3.32. The van der Waals surface area contributed by atoms with E-state index < -0.39 is 30.4 Å². The van der Waals surface area contributed by atoms with E-state index in [-0.39, 0.29) is 11.9 Å². The van der Waals surface area contributed by atoms with Crippen molar-refractivity contribution in [2.24, 2.45) is 0 Å². The van der Waals surface area contributed by atoms with Crippen molar-refractivity contribution in [3.63, 3.8) is 0 Å². The summed E-state index contributed by atoms with van der Waals surface area (Å²) in [4.78, 5) is 19.2. The lowest BCUT2D eigenvalue weighted by atomic mass is 9.92. The molecule has 1 unspecified atom stereocenters. The number of alkyl halides is 2. The summed E-state index contributed by atoms with van der Waals surface area (Å²) in [5, 5.41) is 2.09. The smallest absolute Gasteiger partial charge is 0.351 e. The quantitative estimate of drug-likeness (QED) is 0.645. The minimum Gasteiger partial charge on any atom is -0.383 e. The van der Waals surface area contributed by atoms with Gasteiger partial charge in [-0.25, -0.2) is 13.6 Å². The van der Waals surface area contributed by atoms with Gasteiger partial charge in [0.05, 0.1) is 12.1 Å². The van der Waals surface area contributed by atoms with Crippen molar-refractivity contribution in [2.75, 3.05) is 18.8 Å². The van der Waals surface area contributed by atoms with E-state index in [0.717, 1.165) is 23.1 Å². The Kier molecular flexibility index (Phi) is 5.35. The van der Waals surface area contributed by atoms with Gasteiger partial charge in [-0.2, -0.15) is 4.98 Å². The molecule has 3 aromatic rings. The molecular weight excluding hydrogens is 434 g/mol. The van der Waals surface area contributed by atoms with E-state index in [1.54, 1.807) is 11.3 Å². The molecule has 32 heavy (non-hydrogen) atoms. The third-order valence-corrected chi connectivity index (χ3v) is 7.18. The molecular formula is C23H24F2N4O2S. The molecule has 2 aliphatic rings. The van der Waals surface area contributed by atoms with Crippen LogP contribution < -0.4 is 11.4 Å². The lowest BCUT2D eigenvalue weighted by Crippen LogP contribution is -2.40. The maximum atomic E-state index is 14.9. The summed E-state index contributed by atoms with van der Waals surface area (Å²) in [5.74, 6) is -3.19. The molecule has 0 radical (unpaired) electrons. The number of nitrogen functional groups attached to an aromatic ring is 1. The SMILES string of the molecule is Cc1ccc(C2c3ccsc3CCN2C[C@@H]2CC(F)(F)[C@H](n3ccc(N)nc3=O)O2)cc1. The molecule has 4 heterocycles. The zero-order chi connectivity index (χ0) is 22.5. The lowest BCUT2D eigenvalue weighted by Gasteiger charge is -2.37. The molecule has 168 valence electrons. The van der Waals surface area contributed by atoms with Crippen LogP contribution in [-0.4, -0.2) is 39.6 Å². The second kappa shape index (κ2) is 8.06.